The third-order valence-electron chi connectivity index (χ3n) is 2.39. The van der Waals surface area contributed by atoms with Crippen LogP contribution in [0.25, 0.3) is 11.4 Å². The van der Waals surface area contributed by atoms with Crippen molar-refractivity contribution in [3.05, 3.63) is 40.5 Å². The van der Waals surface area contributed by atoms with Gasteiger partial charge in [0.2, 0.25) is 0 Å². The number of benzene rings is 1. The van der Waals surface area contributed by atoms with Crippen LogP contribution in [0.1, 0.15) is 5.69 Å². The van der Waals surface area contributed by atoms with E-state index in [4.69, 9.17) is 5.26 Å². The molecule has 0 atom stereocenters. The Morgan fingerprint density at radius 2 is 1.83 bits per heavy atom. The number of hydrogen-bond acceptors (Lipinski definition) is 4. The van der Waals surface area contributed by atoms with Gasteiger partial charge in [-0.1, -0.05) is 28.1 Å². The predicted octanol–water partition coefficient (Wildman–Crippen LogP) is 2.84. The summed E-state index contributed by atoms with van der Waals surface area (Å²) in [5.41, 5.74) is 1.25. The highest BCUT2D eigenvalue weighted by molar-refractivity contribution is 9.10. The summed E-state index contributed by atoms with van der Waals surface area (Å²) in [6.45, 7) is 0. The van der Waals surface area contributed by atoms with Crippen molar-refractivity contribution in [2.75, 3.05) is 19.0 Å². The Kier molecular flexibility index (Phi) is 3.58. The van der Waals surface area contributed by atoms with Crippen molar-refractivity contribution in [1.82, 2.24) is 9.97 Å². The molecular weight excluding hydrogens is 292 g/mol. The number of aromatic nitrogens is 2. The van der Waals surface area contributed by atoms with E-state index in [0.29, 0.717) is 11.5 Å². The van der Waals surface area contributed by atoms with E-state index in [1.807, 2.05) is 43.3 Å². The summed E-state index contributed by atoms with van der Waals surface area (Å²) in [7, 11) is 3.77. The maximum atomic E-state index is 8.99. The Balaban J connectivity index is 2.53. The molecule has 1 aromatic heterocycles. The largest absolute Gasteiger partial charge is 0.363 e. The summed E-state index contributed by atoms with van der Waals surface area (Å²) in [6.07, 6.45) is 0. The van der Waals surface area contributed by atoms with E-state index < -0.39 is 0 Å². The minimum Gasteiger partial charge on any atom is -0.363 e. The predicted molar refractivity (Wildman–Crippen MR) is 74.2 cm³/mol. The van der Waals surface area contributed by atoms with E-state index in [1.54, 1.807) is 6.07 Å². The van der Waals surface area contributed by atoms with Crippen molar-refractivity contribution >= 4 is 21.7 Å². The molecule has 0 fully saturated rings. The topological polar surface area (TPSA) is 52.8 Å². The molecule has 2 rings (SSSR count). The molecule has 18 heavy (non-hydrogen) atoms. The molecule has 0 amide bonds. The molecular formula is C13H11BrN4. The number of rotatable bonds is 2. The molecule has 1 heterocycles. The van der Waals surface area contributed by atoms with Gasteiger partial charge in [-0.15, -0.1) is 0 Å². The second-order valence-electron chi connectivity index (χ2n) is 3.95. The zero-order chi connectivity index (χ0) is 13.1. The molecule has 0 spiro atoms. The first-order valence-corrected chi connectivity index (χ1v) is 6.12. The van der Waals surface area contributed by atoms with E-state index in [9.17, 15) is 0 Å². The SMILES string of the molecule is CN(C)c1cc(C#N)nc(-c2ccc(Br)cc2)n1. The first-order chi connectivity index (χ1) is 8.60. The van der Waals surface area contributed by atoms with Crippen LogP contribution in [0.5, 0.6) is 0 Å². The molecule has 0 saturated carbocycles. The van der Waals surface area contributed by atoms with Gasteiger partial charge in [-0.05, 0) is 12.1 Å². The maximum Gasteiger partial charge on any atom is 0.162 e. The van der Waals surface area contributed by atoms with Gasteiger partial charge < -0.3 is 4.90 Å². The number of halogens is 1. The molecule has 0 unspecified atom stereocenters. The van der Waals surface area contributed by atoms with Crippen molar-refractivity contribution < 1.29 is 0 Å². The van der Waals surface area contributed by atoms with Crippen LogP contribution >= 0.6 is 15.9 Å². The van der Waals surface area contributed by atoms with Crippen LogP contribution in [0.3, 0.4) is 0 Å². The summed E-state index contributed by atoms with van der Waals surface area (Å²) < 4.78 is 0.996. The normalized spacial score (nSPS) is 9.89. The Labute approximate surface area is 114 Å². The molecule has 0 N–H and O–H groups in total. The van der Waals surface area contributed by atoms with Crippen LogP contribution < -0.4 is 4.90 Å². The number of nitriles is 1. The van der Waals surface area contributed by atoms with Crippen molar-refractivity contribution in [1.29, 1.82) is 5.26 Å². The second-order valence-corrected chi connectivity index (χ2v) is 4.86. The molecule has 2 aromatic rings. The molecule has 1 aromatic carbocycles. The minimum atomic E-state index is 0.367. The third-order valence-corrected chi connectivity index (χ3v) is 2.92. The summed E-state index contributed by atoms with van der Waals surface area (Å²) >= 11 is 3.38. The van der Waals surface area contributed by atoms with Crippen LogP contribution in [0, 0.1) is 11.3 Å². The van der Waals surface area contributed by atoms with Crippen LogP contribution in [-0.2, 0) is 0 Å². The fourth-order valence-electron chi connectivity index (χ4n) is 1.45. The highest BCUT2D eigenvalue weighted by Gasteiger charge is 2.07. The fourth-order valence-corrected chi connectivity index (χ4v) is 1.71. The fraction of sp³-hybridized carbons (Fsp3) is 0.154. The zero-order valence-corrected chi connectivity index (χ0v) is 11.6. The summed E-state index contributed by atoms with van der Waals surface area (Å²) in [5.74, 6) is 1.28. The van der Waals surface area contributed by atoms with Gasteiger partial charge in [0.15, 0.2) is 5.82 Å². The van der Waals surface area contributed by atoms with Gasteiger partial charge in [-0.3, -0.25) is 0 Å². The van der Waals surface area contributed by atoms with Gasteiger partial charge in [-0.25, -0.2) is 9.97 Å². The first-order valence-electron chi connectivity index (χ1n) is 5.32. The van der Waals surface area contributed by atoms with Gasteiger partial charge in [0.25, 0.3) is 0 Å². The molecule has 5 heteroatoms. The average Bonchev–Trinajstić information content (AvgIpc) is 2.39. The summed E-state index contributed by atoms with van der Waals surface area (Å²) in [5, 5.41) is 8.99. The Morgan fingerprint density at radius 1 is 1.17 bits per heavy atom. The lowest BCUT2D eigenvalue weighted by Gasteiger charge is -2.12. The highest BCUT2D eigenvalue weighted by atomic mass is 79.9. The molecule has 90 valence electrons. The molecule has 0 bridgehead atoms. The van der Waals surface area contributed by atoms with E-state index >= 15 is 0 Å². The Hall–Kier alpha value is -1.93. The van der Waals surface area contributed by atoms with Gasteiger partial charge in [0.1, 0.15) is 17.6 Å². The van der Waals surface area contributed by atoms with Crippen molar-refractivity contribution in [2.45, 2.75) is 0 Å². The smallest absolute Gasteiger partial charge is 0.162 e. The lowest BCUT2D eigenvalue weighted by molar-refractivity contribution is 1.03. The molecule has 4 nitrogen and oxygen atoms in total. The van der Waals surface area contributed by atoms with Crippen LogP contribution in [0.2, 0.25) is 0 Å². The van der Waals surface area contributed by atoms with Gasteiger partial charge >= 0.3 is 0 Å². The van der Waals surface area contributed by atoms with Gasteiger partial charge in [0.05, 0.1) is 0 Å². The summed E-state index contributed by atoms with van der Waals surface area (Å²) in [4.78, 5) is 10.5. The van der Waals surface area contributed by atoms with Crippen molar-refractivity contribution in [3.8, 4) is 17.5 Å². The van der Waals surface area contributed by atoms with Crippen molar-refractivity contribution in [2.24, 2.45) is 0 Å². The lowest BCUT2D eigenvalue weighted by atomic mass is 10.2. The highest BCUT2D eigenvalue weighted by Crippen LogP contribution is 2.21. The Morgan fingerprint density at radius 3 is 2.39 bits per heavy atom. The molecule has 0 radical (unpaired) electrons. The second kappa shape index (κ2) is 5.15. The zero-order valence-electron chi connectivity index (χ0n) is 10.1. The summed E-state index contributed by atoms with van der Waals surface area (Å²) in [6, 6.07) is 11.4. The van der Waals surface area contributed by atoms with E-state index in [1.165, 1.54) is 0 Å². The monoisotopic (exact) mass is 302 g/mol. The molecule has 0 aliphatic carbocycles. The number of nitrogens with zero attached hydrogens (tertiary/aromatic N) is 4. The van der Waals surface area contributed by atoms with E-state index in [2.05, 4.69) is 32.0 Å². The van der Waals surface area contributed by atoms with Crippen molar-refractivity contribution in [3.63, 3.8) is 0 Å². The average molecular weight is 303 g/mol. The minimum absolute atomic E-state index is 0.367. The van der Waals surface area contributed by atoms with Crippen LogP contribution in [0.15, 0.2) is 34.8 Å². The third kappa shape index (κ3) is 2.66. The lowest BCUT2D eigenvalue weighted by Crippen LogP contribution is -2.12. The van der Waals surface area contributed by atoms with E-state index in [0.717, 1.165) is 15.9 Å². The standard InChI is InChI=1S/C13H11BrN4/c1-18(2)12-7-11(8-15)16-13(17-12)9-3-5-10(14)6-4-9/h3-7H,1-2H3. The Bertz CT molecular complexity index is 599. The number of hydrogen-bond donors (Lipinski definition) is 0. The molecule has 0 aliphatic heterocycles. The number of anilines is 1. The molecule has 0 aliphatic rings. The van der Waals surface area contributed by atoms with Gasteiger partial charge in [0, 0.05) is 30.2 Å². The van der Waals surface area contributed by atoms with Crippen LogP contribution in [0.4, 0.5) is 5.82 Å². The van der Waals surface area contributed by atoms with Gasteiger partial charge in [-0.2, -0.15) is 5.26 Å². The molecule has 0 saturated heterocycles. The van der Waals surface area contributed by atoms with Crippen LogP contribution in [-0.4, -0.2) is 24.1 Å². The first kappa shape index (κ1) is 12.5. The maximum absolute atomic E-state index is 8.99. The quantitative estimate of drug-likeness (QED) is 0.856. The van der Waals surface area contributed by atoms with E-state index in [-0.39, 0.29) is 0 Å².